The normalized spacial score (nSPS) is 12.0. The second-order valence-corrected chi connectivity index (χ2v) is 14.3. The Morgan fingerprint density at radius 3 is 2.06 bits per heavy atom. The lowest BCUT2D eigenvalue weighted by molar-refractivity contribution is -0.140. The maximum atomic E-state index is 14.7. The van der Waals surface area contributed by atoms with Gasteiger partial charge in [0.15, 0.2) is 0 Å². The van der Waals surface area contributed by atoms with Crippen molar-refractivity contribution in [3.63, 3.8) is 0 Å². The summed E-state index contributed by atoms with van der Waals surface area (Å²) in [5, 5.41) is 3.55. The molecule has 0 aliphatic carbocycles. The number of nitrogens with one attached hydrogen (secondary N) is 1. The van der Waals surface area contributed by atoms with Crippen LogP contribution < -0.4 is 14.4 Å². The van der Waals surface area contributed by atoms with Gasteiger partial charge in [0.25, 0.3) is 10.0 Å². The molecule has 4 rings (SSSR count). The number of carbonyl (C=O) groups excluding carboxylic acids is 2. The minimum absolute atomic E-state index is 0.00135. The van der Waals surface area contributed by atoms with Crippen LogP contribution in [-0.4, -0.2) is 50.9 Å². The average molecular weight is 697 g/mol. The zero-order chi connectivity index (χ0) is 34.3. The van der Waals surface area contributed by atoms with Crippen LogP contribution in [0.5, 0.6) is 5.75 Å². The van der Waals surface area contributed by atoms with Crippen molar-refractivity contribution in [2.24, 2.45) is 0 Å². The Labute approximate surface area is 287 Å². The van der Waals surface area contributed by atoms with E-state index in [9.17, 15) is 18.0 Å². The van der Waals surface area contributed by atoms with Crippen LogP contribution in [-0.2, 0) is 32.6 Å². The van der Waals surface area contributed by atoms with E-state index >= 15 is 0 Å². The lowest BCUT2D eigenvalue weighted by Gasteiger charge is -2.34. The lowest BCUT2D eigenvalue weighted by Crippen LogP contribution is -2.54. The minimum atomic E-state index is -4.31. The predicted molar refractivity (Wildman–Crippen MR) is 188 cm³/mol. The number of sulfonamides is 1. The van der Waals surface area contributed by atoms with Crippen LogP contribution in [0.4, 0.5) is 5.69 Å². The Bertz CT molecular complexity index is 1800. The van der Waals surface area contributed by atoms with Gasteiger partial charge in [0, 0.05) is 34.6 Å². The first-order chi connectivity index (χ1) is 22.3. The summed E-state index contributed by atoms with van der Waals surface area (Å²) in [6, 6.07) is 24.5. The van der Waals surface area contributed by atoms with E-state index in [1.165, 1.54) is 24.1 Å². The van der Waals surface area contributed by atoms with Crippen molar-refractivity contribution in [2.75, 3.05) is 18.0 Å². The van der Waals surface area contributed by atoms with E-state index in [-0.39, 0.29) is 35.3 Å². The predicted octanol–water partition coefficient (Wildman–Crippen LogP) is 6.98. The molecular formula is C36H39Cl2N3O5S. The standard InChI is InChI=1S/C36H39Cl2N3O5S/c1-24(2)39-36(43)33(21-27-10-7-6-8-11-27)40(22-29-30(37)12-9-13-31(29)38)35(42)23-41(32-20-26(4)16-19-34(32)46-5)47(44,45)28-17-14-25(3)15-18-28/h6-20,24,33H,21-23H2,1-5H3,(H,39,43)/t33-/m1/s1. The number of hydrogen-bond acceptors (Lipinski definition) is 5. The summed E-state index contributed by atoms with van der Waals surface area (Å²) in [5.41, 5.74) is 3.06. The van der Waals surface area contributed by atoms with Crippen LogP contribution in [0.25, 0.3) is 0 Å². The third kappa shape index (κ3) is 8.86. The summed E-state index contributed by atoms with van der Waals surface area (Å²) in [4.78, 5) is 30.0. The summed E-state index contributed by atoms with van der Waals surface area (Å²) in [7, 11) is -2.87. The molecule has 0 saturated heterocycles. The number of rotatable bonds is 13. The van der Waals surface area contributed by atoms with Crippen LogP contribution in [0.3, 0.4) is 0 Å². The van der Waals surface area contributed by atoms with E-state index in [0.717, 1.165) is 21.0 Å². The lowest BCUT2D eigenvalue weighted by atomic mass is 10.0. The minimum Gasteiger partial charge on any atom is -0.495 e. The second kappa shape index (κ2) is 15.7. The second-order valence-electron chi connectivity index (χ2n) is 11.6. The van der Waals surface area contributed by atoms with Gasteiger partial charge >= 0.3 is 0 Å². The van der Waals surface area contributed by atoms with Crippen LogP contribution in [0.2, 0.25) is 10.0 Å². The SMILES string of the molecule is COc1ccc(C)cc1N(CC(=O)N(Cc1c(Cl)cccc1Cl)[C@H](Cc1ccccc1)C(=O)NC(C)C)S(=O)(=O)c1ccc(C)cc1. The molecule has 0 bridgehead atoms. The Morgan fingerprint density at radius 2 is 1.47 bits per heavy atom. The van der Waals surface area contributed by atoms with E-state index in [4.69, 9.17) is 27.9 Å². The number of carbonyl (C=O) groups is 2. The molecule has 0 unspecified atom stereocenters. The molecule has 47 heavy (non-hydrogen) atoms. The Balaban J connectivity index is 1.89. The third-order valence-electron chi connectivity index (χ3n) is 7.58. The number of methoxy groups -OCH3 is 1. The number of aryl methyl sites for hydroxylation is 2. The first-order valence-corrected chi connectivity index (χ1v) is 17.3. The number of benzene rings is 4. The van der Waals surface area contributed by atoms with Crippen molar-refractivity contribution < 1.29 is 22.7 Å². The van der Waals surface area contributed by atoms with Gasteiger partial charge in [-0.25, -0.2) is 8.42 Å². The monoisotopic (exact) mass is 695 g/mol. The van der Waals surface area contributed by atoms with E-state index in [1.54, 1.807) is 48.5 Å². The quantitative estimate of drug-likeness (QED) is 0.163. The van der Waals surface area contributed by atoms with Crippen molar-refractivity contribution in [1.82, 2.24) is 10.2 Å². The molecule has 248 valence electrons. The van der Waals surface area contributed by atoms with Crippen LogP contribution in [0.1, 0.15) is 36.1 Å². The van der Waals surface area contributed by atoms with Crippen LogP contribution in [0, 0.1) is 13.8 Å². The molecule has 0 fully saturated rings. The summed E-state index contributed by atoms with van der Waals surface area (Å²) in [6.07, 6.45) is 0.158. The molecular weight excluding hydrogens is 657 g/mol. The van der Waals surface area contributed by atoms with Gasteiger partial charge in [0.05, 0.1) is 17.7 Å². The van der Waals surface area contributed by atoms with Gasteiger partial charge in [0.1, 0.15) is 18.3 Å². The molecule has 1 N–H and O–H groups in total. The van der Waals surface area contributed by atoms with E-state index < -0.39 is 34.4 Å². The molecule has 0 aromatic heterocycles. The summed E-state index contributed by atoms with van der Waals surface area (Å²) in [6.45, 7) is 6.54. The smallest absolute Gasteiger partial charge is 0.264 e. The molecule has 0 heterocycles. The number of amides is 2. The molecule has 2 amide bonds. The number of nitrogens with zero attached hydrogens (tertiary/aromatic N) is 2. The van der Waals surface area contributed by atoms with Crippen molar-refractivity contribution in [3.05, 3.63) is 123 Å². The summed E-state index contributed by atoms with van der Waals surface area (Å²) in [5.74, 6) is -0.778. The largest absolute Gasteiger partial charge is 0.495 e. The molecule has 11 heteroatoms. The maximum Gasteiger partial charge on any atom is 0.264 e. The highest BCUT2D eigenvalue weighted by Crippen LogP contribution is 2.34. The van der Waals surface area contributed by atoms with Gasteiger partial charge in [0.2, 0.25) is 11.8 Å². The van der Waals surface area contributed by atoms with E-state index in [1.807, 2.05) is 58.0 Å². The fourth-order valence-corrected chi connectivity index (χ4v) is 7.07. The molecule has 1 atom stereocenters. The van der Waals surface area contributed by atoms with Gasteiger partial charge in [-0.1, -0.05) is 83.4 Å². The molecule has 8 nitrogen and oxygen atoms in total. The fourth-order valence-electron chi connectivity index (χ4n) is 5.13. The Kier molecular flexibility index (Phi) is 12.0. The van der Waals surface area contributed by atoms with Gasteiger partial charge in [-0.05, 0) is 75.2 Å². The van der Waals surface area contributed by atoms with Gasteiger partial charge in [-0.2, -0.15) is 0 Å². The van der Waals surface area contributed by atoms with E-state index in [0.29, 0.717) is 15.6 Å². The molecule has 0 aliphatic rings. The summed E-state index contributed by atoms with van der Waals surface area (Å²) < 4.78 is 35.3. The number of halogens is 2. The fraction of sp³-hybridized carbons (Fsp3) is 0.278. The van der Waals surface area contributed by atoms with Crippen molar-refractivity contribution in [3.8, 4) is 5.75 Å². The highest BCUT2D eigenvalue weighted by molar-refractivity contribution is 7.92. The van der Waals surface area contributed by atoms with Crippen molar-refractivity contribution in [1.29, 1.82) is 0 Å². The highest BCUT2D eigenvalue weighted by Gasteiger charge is 2.36. The number of ether oxygens (including phenoxy) is 1. The van der Waals surface area contributed by atoms with Crippen molar-refractivity contribution in [2.45, 2.75) is 57.6 Å². The van der Waals surface area contributed by atoms with Gasteiger partial charge < -0.3 is 15.0 Å². The highest BCUT2D eigenvalue weighted by atomic mass is 35.5. The molecule has 0 aliphatic heterocycles. The van der Waals surface area contributed by atoms with Crippen LogP contribution >= 0.6 is 23.2 Å². The number of hydrogen-bond donors (Lipinski definition) is 1. The first-order valence-electron chi connectivity index (χ1n) is 15.1. The molecule has 0 radical (unpaired) electrons. The van der Waals surface area contributed by atoms with E-state index in [2.05, 4.69) is 5.32 Å². The Morgan fingerprint density at radius 1 is 0.851 bits per heavy atom. The maximum absolute atomic E-state index is 14.7. The zero-order valence-corrected chi connectivity index (χ0v) is 29.4. The molecule has 4 aromatic carbocycles. The topological polar surface area (TPSA) is 96.0 Å². The average Bonchev–Trinajstić information content (AvgIpc) is 3.03. The number of anilines is 1. The van der Waals surface area contributed by atoms with Gasteiger partial charge in [-0.15, -0.1) is 0 Å². The molecule has 0 spiro atoms. The summed E-state index contributed by atoms with van der Waals surface area (Å²) >= 11 is 13.2. The van der Waals surface area contributed by atoms with Crippen molar-refractivity contribution >= 4 is 50.7 Å². The van der Waals surface area contributed by atoms with Gasteiger partial charge in [-0.3, -0.25) is 13.9 Å². The zero-order valence-electron chi connectivity index (χ0n) is 27.0. The van der Waals surface area contributed by atoms with Crippen LogP contribution in [0.15, 0.2) is 95.9 Å². The Hall–Kier alpha value is -4.05. The first kappa shape index (κ1) is 35.8. The molecule has 4 aromatic rings. The molecule has 0 saturated carbocycles. The third-order valence-corrected chi connectivity index (χ3v) is 10.1.